The summed E-state index contributed by atoms with van der Waals surface area (Å²) in [4.78, 5) is 22.1. The minimum absolute atomic E-state index is 0.252. The number of hydrogen-bond donors (Lipinski definition) is 2. The van der Waals surface area contributed by atoms with Crippen LogP contribution in [-0.2, 0) is 0 Å². The van der Waals surface area contributed by atoms with Crippen LogP contribution in [0.3, 0.4) is 0 Å². The van der Waals surface area contributed by atoms with E-state index in [2.05, 4.69) is 26.7 Å². The van der Waals surface area contributed by atoms with Crippen LogP contribution in [0.5, 0.6) is 0 Å². The van der Waals surface area contributed by atoms with Gasteiger partial charge in [0.1, 0.15) is 11.5 Å². The molecule has 7 nitrogen and oxygen atoms in total. The molecule has 0 atom stereocenters. The number of aromatic nitrogens is 2. The summed E-state index contributed by atoms with van der Waals surface area (Å²) in [6.45, 7) is 1.31. The highest BCUT2D eigenvalue weighted by Crippen LogP contribution is 2.14. The Morgan fingerprint density at radius 2 is 2.13 bits per heavy atom. The van der Waals surface area contributed by atoms with E-state index in [1.807, 2.05) is 25.1 Å². The topological polar surface area (TPSA) is 93.9 Å². The Balaban J connectivity index is 1.96. The van der Waals surface area contributed by atoms with Crippen LogP contribution in [0.4, 0.5) is 11.5 Å². The smallest absolute Gasteiger partial charge is 0.271 e. The molecular formula is C16H18N6O. The van der Waals surface area contributed by atoms with Gasteiger partial charge in [-0.3, -0.25) is 4.79 Å². The second-order valence-electron chi connectivity index (χ2n) is 5.16. The number of amides is 1. The molecule has 0 bridgehead atoms. The zero-order valence-corrected chi connectivity index (χ0v) is 13.1. The van der Waals surface area contributed by atoms with Crippen molar-refractivity contribution in [3.63, 3.8) is 0 Å². The largest absolute Gasteiger partial charge is 0.349 e. The fraction of sp³-hybridized carbons (Fsp3) is 0.250. The molecule has 0 aliphatic heterocycles. The number of carbonyl (C=O) groups is 1. The molecule has 0 saturated heterocycles. The van der Waals surface area contributed by atoms with Gasteiger partial charge < -0.3 is 15.5 Å². The molecule has 2 rings (SSSR count). The number of rotatable bonds is 6. The highest BCUT2D eigenvalue weighted by atomic mass is 16.1. The van der Waals surface area contributed by atoms with Gasteiger partial charge in [-0.1, -0.05) is 6.07 Å². The van der Waals surface area contributed by atoms with Crippen LogP contribution in [0.15, 0.2) is 36.7 Å². The van der Waals surface area contributed by atoms with Gasteiger partial charge in [0.2, 0.25) is 0 Å². The predicted molar refractivity (Wildman–Crippen MR) is 87.4 cm³/mol. The number of carbonyl (C=O) groups excluding carboxylic acids is 1. The average molecular weight is 310 g/mol. The fourth-order valence-corrected chi connectivity index (χ4v) is 1.81. The number of nitrogens with zero attached hydrogens (tertiary/aromatic N) is 4. The summed E-state index contributed by atoms with van der Waals surface area (Å²) in [5.41, 5.74) is 1.56. The molecule has 1 aromatic carbocycles. The van der Waals surface area contributed by atoms with Crippen molar-refractivity contribution < 1.29 is 4.79 Å². The van der Waals surface area contributed by atoms with E-state index < -0.39 is 0 Å². The first-order valence-electron chi connectivity index (χ1n) is 7.10. The van der Waals surface area contributed by atoms with Gasteiger partial charge in [0, 0.05) is 18.8 Å². The SMILES string of the molecule is CN(C)CCNC(=O)c1cnc(Nc2cccc(C#N)c2)cn1. The van der Waals surface area contributed by atoms with Crippen LogP contribution >= 0.6 is 0 Å². The normalized spacial score (nSPS) is 10.2. The van der Waals surface area contributed by atoms with E-state index >= 15 is 0 Å². The summed E-state index contributed by atoms with van der Waals surface area (Å²) in [7, 11) is 3.88. The third-order valence-electron chi connectivity index (χ3n) is 2.99. The monoisotopic (exact) mass is 310 g/mol. The summed E-state index contributed by atoms with van der Waals surface area (Å²) in [5.74, 6) is 0.252. The first-order chi connectivity index (χ1) is 11.1. The van der Waals surface area contributed by atoms with Crippen molar-refractivity contribution in [3.8, 4) is 6.07 Å². The number of likely N-dealkylation sites (N-methyl/N-ethyl adjacent to an activating group) is 1. The van der Waals surface area contributed by atoms with Crippen molar-refractivity contribution in [2.75, 3.05) is 32.5 Å². The molecule has 0 aliphatic carbocycles. The lowest BCUT2D eigenvalue weighted by Crippen LogP contribution is -2.31. The molecule has 0 fully saturated rings. The van der Waals surface area contributed by atoms with Crippen molar-refractivity contribution in [2.24, 2.45) is 0 Å². The number of nitriles is 1. The van der Waals surface area contributed by atoms with E-state index in [-0.39, 0.29) is 11.6 Å². The second-order valence-corrected chi connectivity index (χ2v) is 5.16. The van der Waals surface area contributed by atoms with Crippen molar-refractivity contribution in [1.29, 1.82) is 5.26 Å². The molecule has 23 heavy (non-hydrogen) atoms. The van der Waals surface area contributed by atoms with E-state index in [9.17, 15) is 4.79 Å². The molecule has 0 spiro atoms. The third kappa shape index (κ3) is 5.05. The highest BCUT2D eigenvalue weighted by molar-refractivity contribution is 5.92. The predicted octanol–water partition coefficient (Wildman–Crippen LogP) is 1.38. The Labute approximate surface area is 135 Å². The molecule has 118 valence electrons. The van der Waals surface area contributed by atoms with Gasteiger partial charge in [0.05, 0.1) is 24.0 Å². The van der Waals surface area contributed by atoms with Crippen molar-refractivity contribution in [1.82, 2.24) is 20.2 Å². The van der Waals surface area contributed by atoms with E-state index in [1.54, 1.807) is 18.2 Å². The Kier molecular flexibility index (Phi) is 5.61. The molecule has 1 amide bonds. The quantitative estimate of drug-likeness (QED) is 0.837. The average Bonchev–Trinajstić information content (AvgIpc) is 2.55. The standard InChI is InChI=1S/C16H18N6O/c1-22(2)7-6-18-16(23)14-10-20-15(11-19-14)21-13-5-3-4-12(8-13)9-17/h3-5,8,10-11H,6-7H2,1-2H3,(H,18,23)(H,20,21). The Bertz CT molecular complexity index is 705. The minimum atomic E-state index is -0.252. The van der Waals surface area contributed by atoms with Crippen molar-refractivity contribution in [3.05, 3.63) is 47.9 Å². The molecule has 2 aromatic rings. The molecular weight excluding hydrogens is 292 g/mol. The maximum atomic E-state index is 11.9. The minimum Gasteiger partial charge on any atom is -0.349 e. The van der Waals surface area contributed by atoms with Gasteiger partial charge in [-0.15, -0.1) is 0 Å². The number of benzene rings is 1. The van der Waals surface area contributed by atoms with Crippen LogP contribution < -0.4 is 10.6 Å². The zero-order chi connectivity index (χ0) is 16.7. The zero-order valence-electron chi connectivity index (χ0n) is 13.1. The van der Waals surface area contributed by atoms with Crippen LogP contribution in [0.25, 0.3) is 0 Å². The van der Waals surface area contributed by atoms with E-state index in [0.29, 0.717) is 17.9 Å². The van der Waals surface area contributed by atoms with Crippen molar-refractivity contribution >= 4 is 17.4 Å². The molecule has 1 aromatic heterocycles. The molecule has 0 radical (unpaired) electrons. The number of anilines is 2. The van der Waals surface area contributed by atoms with Crippen molar-refractivity contribution in [2.45, 2.75) is 0 Å². The molecule has 0 aliphatic rings. The highest BCUT2D eigenvalue weighted by Gasteiger charge is 2.07. The first-order valence-corrected chi connectivity index (χ1v) is 7.10. The summed E-state index contributed by atoms with van der Waals surface area (Å²) in [6, 6.07) is 9.11. The van der Waals surface area contributed by atoms with Gasteiger partial charge in [0.25, 0.3) is 5.91 Å². The number of hydrogen-bond acceptors (Lipinski definition) is 6. The second kappa shape index (κ2) is 7.87. The van der Waals surface area contributed by atoms with Gasteiger partial charge in [-0.25, -0.2) is 9.97 Å². The van der Waals surface area contributed by atoms with Crippen LogP contribution in [0, 0.1) is 11.3 Å². The maximum absolute atomic E-state index is 11.9. The van der Waals surface area contributed by atoms with E-state index in [1.165, 1.54) is 12.4 Å². The first kappa shape index (κ1) is 16.4. The lowest BCUT2D eigenvalue weighted by Gasteiger charge is -2.10. The molecule has 2 N–H and O–H groups in total. The van der Waals surface area contributed by atoms with Gasteiger partial charge in [0.15, 0.2) is 0 Å². The van der Waals surface area contributed by atoms with Crippen LogP contribution in [0.1, 0.15) is 16.1 Å². The van der Waals surface area contributed by atoms with Crippen LogP contribution in [0.2, 0.25) is 0 Å². The third-order valence-corrected chi connectivity index (χ3v) is 2.99. The molecule has 1 heterocycles. The van der Waals surface area contributed by atoms with Gasteiger partial charge in [-0.05, 0) is 32.3 Å². The van der Waals surface area contributed by atoms with E-state index in [4.69, 9.17) is 5.26 Å². The molecule has 7 heteroatoms. The maximum Gasteiger partial charge on any atom is 0.271 e. The lowest BCUT2D eigenvalue weighted by atomic mass is 10.2. The summed E-state index contributed by atoms with van der Waals surface area (Å²) in [5, 5.41) is 14.7. The van der Waals surface area contributed by atoms with Gasteiger partial charge in [-0.2, -0.15) is 5.26 Å². The molecule has 0 saturated carbocycles. The molecule has 0 unspecified atom stereocenters. The van der Waals surface area contributed by atoms with Gasteiger partial charge >= 0.3 is 0 Å². The summed E-state index contributed by atoms with van der Waals surface area (Å²) in [6.07, 6.45) is 2.90. The Hall–Kier alpha value is -2.98. The summed E-state index contributed by atoms with van der Waals surface area (Å²) < 4.78 is 0. The lowest BCUT2D eigenvalue weighted by molar-refractivity contribution is 0.0945. The van der Waals surface area contributed by atoms with Crippen LogP contribution in [-0.4, -0.2) is 48.0 Å². The fourth-order valence-electron chi connectivity index (χ4n) is 1.81. The summed E-state index contributed by atoms with van der Waals surface area (Å²) >= 11 is 0. The Morgan fingerprint density at radius 1 is 1.30 bits per heavy atom. The number of nitrogens with one attached hydrogen (secondary N) is 2. The Morgan fingerprint density at radius 3 is 2.78 bits per heavy atom. The van der Waals surface area contributed by atoms with E-state index in [0.717, 1.165) is 12.2 Å².